The quantitative estimate of drug-likeness (QED) is 0.838. The van der Waals surface area contributed by atoms with Gasteiger partial charge in [0.05, 0.1) is 6.10 Å². The van der Waals surface area contributed by atoms with Gasteiger partial charge in [0.25, 0.3) is 0 Å². The first-order valence-corrected chi connectivity index (χ1v) is 7.92. The monoisotopic (exact) mass is 276 g/mol. The Morgan fingerprint density at radius 1 is 1.30 bits per heavy atom. The molecular formula is C17H28N2O. The number of hydrogen-bond donors (Lipinski definition) is 2. The Bertz CT molecular complexity index is 402. The number of hydrogen-bond acceptors (Lipinski definition) is 3. The van der Waals surface area contributed by atoms with E-state index in [1.165, 1.54) is 11.3 Å². The van der Waals surface area contributed by atoms with E-state index in [1.54, 1.807) is 0 Å². The largest absolute Gasteiger partial charge is 0.393 e. The van der Waals surface area contributed by atoms with Gasteiger partial charge in [0.15, 0.2) is 0 Å². The van der Waals surface area contributed by atoms with Crippen LogP contribution in [-0.4, -0.2) is 30.8 Å². The summed E-state index contributed by atoms with van der Waals surface area (Å²) < 4.78 is 0. The van der Waals surface area contributed by atoms with Crippen LogP contribution in [-0.2, 0) is 0 Å². The van der Waals surface area contributed by atoms with Crippen LogP contribution in [0.4, 0.5) is 5.69 Å². The van der Waals surface area contributed by atoms with Crippen molar-refractivity contribution in [3.8, 4) is 0 Å². The van der Waals surface area contributed by atoms with Gasteiger partial charge < -0.3 is 15.3 Å². The highest BCUT2D eigenvalue weighted by Gasteiger charge is 2.26. The molecular weight excluding hydrogens is 248 g/mol. The molecule has 0 aromatic heterocycles. The molecule has 0 radical (unpaired) electrons. The van der Waals surface area contributed by atoms with Crippen molar-refractivity contribution >= 4 is 5.69 Å². The predicted molar refractivity (Wildman–Crippen MR) is 85.2 cm³/mol. The zero-order chi connectivity index (χ0) is 14.5. The summed E-state index contributed by atoms with van der Waals surface area (Å²) in [5, 5.41) is 13.2. The van der Waals surface area contributed by atoms with Crippen LogP contribution < -0.4 is 10.2 Å². The lowest BCUT2D eigenvalue weighted by atomic mass is 10.0. The number of nitrogens with zero attached hydrogens (tertiary/aromatic N) is 1. The highest BCUT2D eigenvalue weighted by atomic mass is 16.3. The van der Waals surface area contributed by atoms with Gasteiger partial charge in [0.2, 0.25) is 0 Å². The summed E-state index contributed by atoms with van der Waals surface area (Å²) in [6, 6.07) is 9.38. The van der Waals surface area contributed by atoms with E-state index in [-0.39, 0.29) is 6.10 Å². The van der Waals surface area contributed by atoms with E-state index in [2.05, 4.69) is 48.3 Å². The van der Waals surface area contributed by atoms with E-state index in [0.29, 0.717) is 12.0 Å². The number of anilines is 1. The second kappa shape index (κ2) is 7.09. The van der Waals surface area contributed by atoms with Crippen molar-refractivity contribution in [2.75, 3.05) is 24.5 Å². The summed E-state index contributed by atoms with van der Waals surface area (Å²) in [7, 11) is 0. The van der Waals surface area contributed by atoms with E-state index in [9.17, 15) is 5.11 Å². The molecule has 20 heavy (non-hydrogen) atoms. The van der Waals surface area contributed by atoms with Crippen molar-refractivity contribution < 1.29 is 5.11 Å². The van der Waals surface area contributed by atoms with E-state index < -0.39 is 0 Å². The maximum atomic E-state index is 9.69. The standard InChI is InChI=1S/C17H28N2O/c1-4-17(18-5-2)14-6-8-16(9-7-14)19-11-10-15(12-19)13(3)20/h6-9,13,15,17-18,20H,4-5,10-12H2,1-3H3. The minimum absolute atomic E-state index is 0.197. The van der Waals surface area contributed by atoms with E-state index >= 15 is 0 Å². The van der Waals surface area contributed by atoms with Gasteiger partial charge in [-0.15, -0.1) is 0 Å². The molecule has 1 heterocycles. The van der Waals surface area contributed by atoms with Crippen molar-refractivity contribution in [2.24, 2.45) is 5.92 Å². The summed E-state index contributed by atoms with van der Waals surface area (Å²) >= 11 is 0. The first-order chi connectivity index (χ1) is 9.65. The third kappa shape index (κ3) is 3.53. The van der Waals surface area contributed by atoms with Crippen molar-refractivity contribution in [1.29, 1.82) is 0 Å². The minimum Gasteiger partial charge on any atom is -0.393 e. The highest BCUT2D eigenvalue weighted by Crippen LogP contribution is 2.27. The van der Waals surface area contributed by atoms with Crippen molar-refractivity contribution in [1.82, 2.24) is 5.32 Å². The van der Waals surface area contributed by atoms with Crippen LogP contribution in [0.2, 0.25) is 0 Å². The minimum atomic E-state index is -0.197. The Morgan fingerprint density at radius 2 is 2.00 bits per heavy atom. The van der Waals surface area contributed by atoms with Gasteiger partial charge in [0, 0.05) is 30.7 Å². The van der Waals surface area contributed by atoms with E-state index in [1.807, 2.05) is 6.92 Å². The van der Waals surface area contributed by atoms with Crippen LogP contribution >= 0.6 is 0 Å². The van der Waals surface area contributed by atoms with Gasteiger partial charge in [-0.2, -0.15) is 0 Å². The lowest BCUT2D eigenvalue weighted by Crippen LogP contribution is -2.24. The summed E-state index contributed by atoms with van der Waals surface area (Å²) in [4.78, 5) is 2.38. The molecule has 0 aliphatic carbocycles. The van der Waals surface area contributed by atoms with Crippen LogP contribution in [0.3, 0.4) is 0 Å². The van der Waals surface area contributed by atoms with Gasteiger partial charge >= 0.3 is 0 Å². The molecule has 1 aliphatic rings. The van der Waals surface area contributed by atoms with Crippen LogP contribution in [0.5, 0.6) is 0 Å². The molecule has 3 heteroatoms. The number of aliphatic hydroxyl groups excluding tert-OH is 1. The maximum Gasteiger partial charge on any atom is 0.0557 e. The van der Waals surface area contributed by atoms with Crippen molar-refractivity contribution in [3.05, 3.63) is 29.8 Å². The summed E-state index contributed by atoms with van der Waals surface area (Å²) in [6.45, 7) is 9.30. The SMILES string of the molecule is CCNC(CC)c1ccc(N2CCC(C(C)O)C2)cc1. The average Bonchev–Trinajstić information content (AvgIpc) is 2.95. The van der Waals surface area contributed by atoms with Crippen LogP contribution in [0, 0.1) is 5.92 Å². The first-order valence-electron chi connectivity index (χ1n) is 7.92. The summed E-state index contributed by atoms with van der Waals surface area (Å²) in [5.41, 5.74) is 2.65. The molecule has 1 saturated heterocycles. The van der Waals surface area contributed by atoms with Gasteiger partial charge in [-0.3, -0.25) is 0 Å². The molecule has 3 nitrogen and oxygen atoms in total. The molecule has 2 rings (SSSR count). The molecule has 2 N–H and O–H groups in total. The molecule has 1 fully saturated rings. The molecule has 0 saturated carbocycles. The molecule has 112 valence electrons. The molecule has 1 aliphatic heterocycles. The van der Waals surface area contributed by atoms with E-state index in [0.717, 1.165) is 32.5 Å². The third-order valence-corrected chi connectivity index (χ3v) is 4.43. The van der Waals surface area contributed by atoms with Crippen LogP contribution in [0.1, 0.15) is 45.2 Å². The molecule has 0 spiro atoms. The van der Waals surface area contributed by atoms with Crippen molar-refractivity contribution in [2.45, 2.75) is 45.8 Å². The Hall–Kier alpha value is -1.06. The lowest BCUT2D eigenvalue weighted by Gasteiger charge is -2.21. The van der Waals surface area contributed by atoms with E-state index in [4.69, 9.17) is 0 Å². The smallest absolute Gasteiger partial charge is 0.0557 e. The fourth-order valence-corrected chi connectivity index (χ4v) is 3.08. The van der Waals surface area contributed by atoms with Gasteiger partial charge in [-0.25, -0.2) is 0 Å². The van der Waals surface area contributed by atoms with Gasteiger partial charge in [-0.1, -0.05) is 26.0 Å². The fourth-order valence-electron chi connectivity index (χ4n) is 3.08. The zero-order valence-corrected chi connectivity index (χ0v) is 13.0. The summed E-state index contributed by atoms with van der Waals surface area (Å²) in [5.74, 6) is 0.417. The Kier molecular flexibility index (Phi) is 5.44. The second-order valence-corrected chi connectivity index (χ2v) is 5.85. The Balaban J connectivity index is 2.01. The van der Waals surface area contributed by atoms with Crippen LogP contribution in [0.25, 0.3) is 0 Å². The third-order valence-electron chi connectivity index (χ3n) is 4.43. The molecule has 0 amide bonds. The number of nitrogens with one attached hydrogen (secondary N) is 1. The molecule has 3 unspecified atom stereocenters. The molecule has 1 aromatic carbocycles. The highest BCUT2D eigenvalue weighted by molar-refractivity contribution is 5.49. The lowest BCUT2D eigenvalue weighted by molar-refractivity contribution is 0.136. The Morgan fingerprint density at radius 3 is 2.50 bits per heavy atom. The zero-order valence-electron chi connectivity index (χ0n) is 13.0. The second-order valence-electron chi connectivity index (χ2n) is 5.85. The van der Waals surface area contributed by atoms with Gasteiger partial charge in [0.1, 0.15) is 0 Å². The fraction of sp³-hybridized carbons (Fsp3) is 0.647. The topological polar surface area (TPSA) is 35.5 Å². The number of benzene rings is 1. The molecule has 3 atom stereocenters. The first kappa shape index (κ1) is 15.3. The van der Waals surface area contributed by atoms with Crippen LogP contribution in [0.15, 0.2) is 24.3 Å². The van der Waals surface area contributed by atoms with Gasteiger partial charge in [-0.05, 0) is 44.0 Å². The predicted octanol–water partition coefficient (Wildman–Crippen LogP) is 2.95. The molecule has 0 bridgehead atoms. The molecule has 1 aromatic rings. The number of aliphatic hydroxyl groups is 1. The average molecular weight is 276 g/mol. The maximum absolute atomic E-state index is 9.69. The Labute approximate surface area is 123 Å². The summed E-state index contributed by atoms with van der Waals surface area (Å²) in [6.07, 6.45) is 2.01. The number of rotatable bonds is 6. The normalized spacial score (nSPS) is 22.0. The van der Waals surface area contributed by atoms with Crippen molar-refractivity contribution in [3.63, 3.8) is 0 Å².